The van der Waals surface area contributed by atoms with Crippen molar-refractivity contribution in [2.24, 2.45) is 0 Å². The van der Waals surface area contributed by atoms with Gasteiger partial charge in [0.25, 0.3) is 0 Å². The number of carbonyl (C=O) groups excluding carboxylic acids is 2. The van der Waals surface area contributed by atoms with Crippen LogP contribution >= 0.6 is 23.2 Å². The first-order chi connectivity index (χ1) is 14.0. The van der Waals surface area contributed by atoms with Crippen molar-refractivity contribution in [3.05, 3.63) is 69.7 Å². The quantitative estimate of drug-likeness (QED) is 0.518. The highest BCUT2D eigenvalue weighted by Gasteiger charge is 2.28. The van der Waals surface area contributed by atoms with Crippen LogP contribution < -0.4 is 5.32 Å². The van der Waals surface area contributed by atoms with Crippen molar-refractivity contribution >= 4 is 35.0 Å². The van der Waals surface area contributed by atoms with Gasteiger partial charge in [-0.05, 0) is 36.1 Å². The topological polar surface area (TPSA) is 49.4 Å². The summed E-state index contributed by atoms with van der Waals surface area (Å²) in [6.07, 6.45) is 2.56. The van der Waals surface area contributed by atoms with E-state index in [-0.39, 0.29) is 18.2 Å². The highest BCUT2D eigenvalue weighted by Crippen LogP contribution is 2.23. The number of unbranched alkanes of at least 4 members (excludes halogenated alkanes) is 1. The predicted octanol–water partition coefficient (Wildman–Crippen LogP) is 5.26. The van der Waals surface area contributed by atoms with Gasteiger partial charge in [0, 0.05) is 23.1 Å². The second-order valence-electron chi connectivity index (χ2n) is 6.99. The van der Waals surface area contributed by atoms with Crippen LogP contribution in [0.1, 0.15) is 44.2 Å². The molecule has 2 aromatic carbocycles. The van der Waals surface area contributed by atoms with Crippen molar-refractivity contribution in [3.63, 3.8) is 0 Å². The van der Waals surface area contributed by atoms with Crippen LogP contribution in [0.3, 0.4) is 0 Å². The highest BCUT2D eigenvalue weighted by molar-refractivity contribution is 6.35. The van der Waals surface area contributed by atoms with Crippen LogP contribution in [0.2, 0.25) is 10.0 Å². The zero-order chi connectivity index (χ0) is 21.2. The Labute approximate surface area is 183 Å². The number of amides is 2. The molecule has 0 fully saturated rings. The average molecular weight is 435 g/mol. The van der Waals surface area contributed by atoms with E-state index in [2.05, 4.69) is 12.2 Å². The van der Waals surface area contributed by atoms with Crippen LogP contribution in [0.15, 0.2) is 48.5 Å². The van der Waals surface area contributed by atoms with Crippen LogP contribution in [0.5, 0.6) is 0 Å². The Morgan fingerprint density at radius 3 is 2.41 bits per heavy atom. The Hall–Kier alpha value is -2.04. The van der Waals surface area contributed by atoms with Gasteiger partial charge in [-0.1, -0.05) is 79.9 Å². The molecule has 1 unspecified atom stereocenters. The van der Waals surface area contributed by atoms with Crippen LogP contribution in [-0.2, 0) is 22.6 Å². The first-order valence-electron chi connectivity index (χ1n) is 10.0. The van der Waals surface area contributed by atoms with Crippen molar-refractivity contribution in [2.75, 3.05) is 6.54 Å². The largest absolute Gasteiger partial charge is 0.354 e. The number of nitrogens with zero attached hydrogens (tertiary/aromatic N) is 1. The lowest BCUT2D eigenvalue weighted by Crippen LogP contribution is -2.49. The van der Waals surface area contributed by atoms with Gasteiger partial charge in [0.15, 0.2) is 0 Å². The molecule has 2 amide bonds. The van der Waals surface area contributed by atoms with E-state index >= 15 is 0 Å². The van der Waals surface area contributed by atoms with E-state index in [0.29, 0.717) is 35.1 Å². The van der Waals surface area contributed by atoms with Crippen LogP contribution in [-0.4, -0.2) is 29.3 Å². The van der Waals surface area contributed by atoms with Gasteiger partial charge in [0.1, 0.15) is 6.04 Å². The fourth-order valence-electron chi connectivity index (χ4n) is 3.14. The maximum absolute atomic E-state index is 13.2. The number of hydrogen-bond donors (Lipinski definition) is 1. The normalized spacial score (nSPS) is 11.7. The molecule has 0 aromatic heterocycles. The second-order valence-corrected chi connectivity index (χ2v) is 7.83. The first-order valence-corrected chi connectivity index (χ1v) is 10.8. The Bertz CT molecular complexity index is 812. The van der Waals surface area contributed by atoms with E-state index in [4.69, 9.17) is 23.2 Å². The maximum atomic E-state index is 13.2. The number of rotatable bonds is 10. The minimum absolute atomic E-state index is 0.113. The molecule has 29 heavy (non-hydrogen) atoms. The summed E-state index contributed by atoms with van der Waals surface area (Å²) in [7, 11) is 0. The van der Waals surface area contributed by atoms with Gasteiger partial charge in [-0.15, -0.1) is 0 Å². The van der Waals surface area contributed by atoms with Gasteiger partial charge < -0.3 is 10.2 Å². The third-order valence-corrected chi connectivity index (χ3v) is 5.35. The smallest absolute Gasteiger partial charge is 0.242 e. The third-order valence-electron chi connectivity index (χ3n) is 4.77. The summed E-state index contributed by atoms with van der Waals surface area (Å²) >= 11 is 12.2. The van der Waals surface area contributed by atoms with Crippen molar-refractivity contribution in [3.8, 4) is 0 Å². The molecule has 0 heterocycles. The Morgan fingerprint density at radius 2 is 1.79 bits per heavy atom. The first kappa shape index (κ1) is 23.2. The van der Waals surface area contributed by atoms with Gasteiger partial charge in [0.05, 0.1) is 6.42 Å². The average Bonchev–Trinajstić information content (AvgIpc) is 2.71. The maximum Gasteiger partial charge on any atom is 0.242 e. The monoisotopic (exact) mass is 434 g/mol. The van der Waals surface area contributed by atoms with Gasteiger partial charge >= 0.3 is 0 Å². The lowest BCUT2D eigenvalue weighted by Gasteiger charge is -2.31. The van der Waals surface area contributed by atoms with E-state index in [1.807, 2.05) is 37.3 Å². The minimum Gasteiger partial charge on any atom is -0.354 e. The molecule has 0 radical (unpaired) electrons. The molecule has 0 saturated heterocycles. The third kappa shape index (κ3) is 7.06. The molecule has 2 rings (SSSR count). The summed E-state index contributed by atoms with van der Waals surface area (Å²) in [6.45, 7) is 4.97. The molecule has 0 aliphatic rings. The molecule has 0 aliphatic heterocycles. The van der Waals surface area contributed by atoms with Crippen LogP contribution in [0.25, 0.3) is 0 Å². The van der Waals surface area contributed by atoms with E-state index in [9.17, 15) is 9.59 Å². The molecule has 4 nitrogen and oxygen atoms in total. The summed E-state index contributed by atoms with van der Waals surface area (Å²) in [6, 6.07) is 14.3. The molecular formula is C23H28Cl2N2O2. The van der Waals surface area contributed by atoms with Crippen molar-refractivity contribution < 1.29 is 9.59 Å². The standard InChI is InChI=1S/C23H28Cl2N2O2/c1-3-5-13-26-23(29)21(4-2)27(16-17-9-7-6-8-10-17)22(28)14-18-11-12-19(24)15-20(18)25/h6-12,15,21H,3-5,13-14,16H2,1-2H3,(H,26,29). The minimum atomic E-state index is -0.536. The molecule has 0 saturated carbocycles. The molecule has 6 heteroatoms. The molecule has 0 aliphatic carbocycles. The van der Waals surface area contributed by atoms with E-state index in [1.165, 1.54) is 0 Å². The zero-order valence-corrected chi connectivity index (χ0v) is 18.5. The molecule has 1 atom stereocenters. The number of carbonyl (C=O) groups is 2. The molecule has 1 N–H and O–H groups in total. The SMILES string of the molecule is CCCCNC(=O)C(CC)N(Cc1ccccc1)C(=O)Cc1ccc(Cl)cc1Cl. The lowest BCUT2D eigenvalue weighted by molar-refractivity contribution is -0.140. The summed E-state index contributed by atoms with van der Waals surface area (Å²) in [4.78, 5) is 27.7. The number of hydrogen-bond acceptors (Lipinski definition) is 2. The molecule has 0 bridgehead atoms. The van der Waals surface area contributed by atoms with E-state index in [1.54, 1.807) is 23.1 Å². The van der Waals surface area contributed by atoms with Crippen LogP contribution in [0.4, 0.5) is 0 Å². The van der Waals surface area contributed by atoms with Gasteiger partial charge in [-0.25, -0.2) is 0 Å². The molecule has 156 valence electrons. The Balaban J connectivity index is 2.24. The number of benzene rings is 2. The number of halogens is 2. The fourth-order valence-corrected chi connectivity index (χ4v) is 3.61. The second kappa shape index (κ2) is 11.8. The fraction of sp³-hybridized carbons (Fsp3) is 0.391. The van der Waals surface area contributed by atoms with E-state index in [0.717, 1.165) is 18.4 Å². The Morgan fingerprint density at radius 1 is 1.07 bits per heavy atom. The zero-order valence-electron chi connectivity index (χ0n) is 17.0. The number of nitrogens with one attached hydrogen (secondary N) is 1. The van der Waals surface area contributed by atoms with Gasteiger partial charge in [0.2, 0.25) is 11.8 Å². The summed E-state index contributed by atoms with van der Waals surface area (Å²) < 4.78 is 0. The molecular weight excluding hydrogens is 407 g/mol. The van der Waals surface area contributed by atoms with Crippen LogP contribution in [0, 0.1) is 0 Å². The summed E-state index contributed by atoms with van der Waals surface area (Å²) in [5, 5.41) is 3.93. The predicted molar refractivity (Wildman–Crippen MR) is 119 cm³/mol. The molecule has 2 aromatic rings. The lowest BCUT2D eigenvalue weighted by atomic mass is 10.1. The van der Waals surface area contributed by atoms with Gasteiger partial charge in [-0.2, -0.15) is 0 Å². The highest BCUT2D eigenvalue weighted by atomic mass is 35.5. The molecule has 0 spiro atoms. The van der Waals surface area contributed by atoms with Gasteiger partial charge in [-0.3, -0.25) is 9.59 Å². The summed E-state index contributed by atoms with van der Waals surface area (Å²) in [5.74, 6) is -0.261. The Kier molecular flexibility index (Phi) is 9.49. The van der Waals surface area contributed by atoms with Crippen molar-refractivity contribution in [1.82, 2.24) is 10.2 Å². The van der Waals surface area contributed by atoms with E-state index < -0.39 is 6.04 Å². The van der Waals surface area contributed by atoms with Crippen molar-refractivity contribution in [1.29, 1.82) is 0 Å². The van der Waals surface area contributed by atoms with Crippen molar-refractivity contribution in [2.45, 2.75) is 52.1 Å². The summed E-state index contributed by atoms with van der Waals surface area (Å²) in [5.41, 5.74) is 1.67.